The van der Waals surface area contributed by atoms with Gasteiger partial charge in [0.15, 0.2) is 0 Å². The van der Waals surface area contributed by atoms with E-state index in [-0.39, 0.29) is 18.2 Å². The molecule has 2 saturated heterocycles. The Hall–Kier alpha value is -1.70. The highest BCUT2D eigenvalue weighted by Gasteiger charge is 2.48. The van der Waals surface area contributed by atoms with Crippen molar-refractivity contribution in [2.75, 3.05) is 26.0 Å². The number of hydrogen-bond donors (Lipinski definition) is 1. The fourth-order valence-electron chi connectivity index (χ4n) is 3.29. The van der Waals surface area contributed by atoms with Gasteiger partial charge >= 0.3 is 12.1 Å². The lowest BCUT2D eigenvalue weighted by Gasteiger charge is -2.31. The summed E-state index contributed by atoms with van der Waals surface area (Å²) in [5.74, 6) is -2.76. The van der Waals surface area contributed by atoms with E-state index >= 15 is 0 Å². The Morgan fingerprint density at radius 1 is 1.41 bits per heavy atom. The Morgan fingerprint density at radius 2 is 2.10 bits per heavy atom. The Kier molecular flexibility index (Phi) is 8.02. The highest BCUT2D eigenvalue weighted by Crippen LogP contribution is 2.32. The molecule has 9 nitrogen and oxygen atoms in total. The first-order valence-corrected chi connectivity index (χ1v) is 10.8. The van der Waals surface area contributed by atoms with Gasteiger partial charge in [-0.15, -0.1) is 0 Å². The van der Waals surface area contributed by atoms with Crippen molar-refractivity contribution in [3.8, 4) is 0 Å². The van der Waals surface area contributed by atoms with Crippen LogP contribution in [0, 0.1) is 0 Å². The van der Waals surface area contributed by atoms with Gasteiger partial charge in [0.1, 0.15) is 6.10 Å². The van der Waals surface area contributed by atoms with Crippen molar-refractivity contribution in [2.45, 2.75) is 50.2 Å². The molecule has 3 rings (SSSR count). The molecule has 0 spiro atoms. The number of rotatable bonds is 6. The number of carboxylic acid groups (broad SMARTS) is 1. The summed E-state index contributed by atoms with van der Waals surface area (Å²) in [6, 6.07) is 1.82. The van der Waals surface area contributed by atoms with Crippen LogP contribution in [0.25, 0.3) is 0 Å². The van der Waals surface area contributed by atoms with Crippen LogP contribution < -0.4 is 0 Å². The number of carbonyl (C=O) groups is 1. The fourth-order valence-corrected chi connectivity index (χ4v) is 4.42. The van der Waals surface area contributed by atoms with Gasteiger partial charge in [-0.2, -0.15) is 22.6 Å². The number of nitrogens with zero attached hydrogens (tertiary/aromatic N) is 3. The minimum Gasteiger partial charge on any atom is -0.475 e. The van der Waals surface area contributed by atoms with Crippen LogP contribution in [0.1, 0.15) is 19.3 Å². The van der Waals surface area contributed by atoms with Gasteiger partial charge in [0.2, 0.25) is 10.0 Å². The summed E-state index contributed by atoms with van der Waals surface area (Å²) in [6.45, 7) is 2.46. The number of alkyl halides is 3. The summed E-state index contributed by atoms with van der Waals surface area (Å²) in [6.07, 6.45) is 2.15. The lowest BCUT2D eigenvalue weighted by Crippen LogP contribution is -2.43. The zero-order valence-electron chi connectivity index (χ0n) is 15.8. The third-order valence-electron chi connectivity index (χ3n) is 4.52. The molecule has 1 aromatic rings. The third-order valence-corrected chi connectivity index (χ3v) is 5.79. The van der Waals surface area contributed by atoms with E-state index in [4.69, 9.17) is 19.4 Å². The monoisotopic (exact) mass is 443 g/mol. The largest absolute Gasteiger partial charge is 0.490 e. The number of hydrogen-bond acceptors (Lipinski definition) is 6. The lowest BCUT2D eigenvalue weighted by atomic mass is 10.0. The first-order chi connectivity index (χ1) is 13.5. The van der Waals surface area contributed by atoms with Crippen LogP contribution >= 0.6 is 0 Å². The molecule has 2 aliphatic heterocycles. The Balaban J connectivity index is 0.000000370. The summed E-state index contributed by atoms with van der Waals surface area (Å²) in [4.78, 5) is 8.90. The van der Waals surface area contributed by atoms with Gasteiger partial charge in [-0.1, -0.05) is 0 Å². The summed E-state index contributed by atoms with van der Waals surface area (Å²) in [5.41, 5.74) is 0. The number of carboxylic acids is 1. The molecule has 166 valence electrons. The van der Waals surface area contributed by atoms with Crippen molar-refractivity contribution < 1.29 is 41.0 Å². The van der Waals surface area contributed by atoms with E-state index in [1.165, 1.54) is 6.26 Å². The highest BCUT2D eigenvalue weighted by molar-refractivity contribution is 7.88. The average Bonchev–Trinajstić information content (AvgIpc) is 3.26. The van der Waals surface area contributed by atoms with Gasteiger partial charge in [-0.3, -0.25) is 4.68 Å². The standard InChI is InChI=1S/C14H23N3O4S.C2HF3O2/c1-22(18,19)17-11-13(14-12(17)5-2-9-21-14)20-10-4-8-16-7-3-6-15-16;3-2(4,5)1(6)7/h3,6-7,12-14H,2,4-5,8-11H2,1H3;(H,6,7)/t12-,13-,14+;/m1./s1. The van der Waals surface area contributed by atoms with Crippen molar-refractivity contribution in [1.82, 2.24) is 14.1 Å². The molecule has 1 N–H and O–H groups in total. The average molecular weight is 443 g/mol. The maximum atomic E-state index is 11.9. The van der Waals surface area contributed by atoms with E-state index in [0.29, 0.717) is 19.8 Å². The van der Waals surface area contributed by atoms with Gasteiger partial charge < -0.3 is 14.6 Å². The van der Waals surface area contributed by atoms with E-state index in [0.717, 1.165) is 25.8 Å². The van der Waals surface area contributed by atoms with Crippen molar-refractivity contribution in [1.29, 1.82) is 0 Å². The molecular weight excluding hydrogens is 419 g/mol. The smallest absolute Gasteiger partial charge is 0.475 e. The number of ether oxygens (including phenoxy) is 2. The van der Waals surface area contributed by atoms with Gasteiger partial charge in [0.25, 0.3) is 0 Å². The molecule has 1 aromatic heterocycles. The summed E-state index contributed by atoms with van der Waals surface area (Å²) in [5, 5.41) is 11.3. The zero-order valence-corrected chi connectivity index (χ0v) is 16.6. The molecule has 3 heterocycles. The molecule has 0 aromatic carbocycles. The van der Waals surface area contributed by atoms with Crippen molar-refractivity contribution >= 4 is 16.0 Å². The van der Waals surface area contributed by atoms with Gasteiger partial charge in [0, 0.05) is 38.7 Å². The maximum absolute atomic E-state index is 11.9. The summed E-state index contributed by atoms with van der Waals surface area (Å²) >= 11 is 0. The SMILES string of the molecule is CS(=O)(=O)N1C[C@@H](OCCCn2cccn2)[C@H]2OCCC[C@H]21.O=C(O)C(F)(F)F. The molecule has 13 heteroatoms. The van der Waals surface area contributed by atoms with Crippen molar-refractivity contribution in [2.24, 2.45) is 0 Å². The predicted molar refractivity (Wildman–Crippen MR) is 94.6 cm³/mol. The molecule has 0 radical (unpaired) electrons. The minimum atomic E-state index is -5.08. The Labute approximate surface area is 166 Å². The van der Waals surface area contributed by atoms with Crippen LogP contribution in [-0.2, 0) is 30.8 Å². The first kappa shape index (κ1) is 23.6. The number of fused-ring (bicyclic) bond motifs is 1. The van der Waals surface area contributed by atoms with Crippen LogP contribution in [-0.4, -0.2) is 84.0 Å². The topological polar surface area (TPSA) is 111 Å². The molecule has 0 aliphatic carbocycles. The first-order valence-electron chi connectivity index (χ1n) is 8.97. The Bertz CT molecular complexity index is 756. The number of aryl methyl sites for hydroxylation is 1. The van der Waals surface area contributed by atoms with Crippen LogP contribution in [0.5, 0.6) is 0 Å². The number of sulfonamides is 1. The second-order valence-corrected chi connectivity index (χ2v) is 8.65. The number of aliphatic carboxylic acids is 1. The van der Waals surface area contributed by atoms with E-state index in [1.54, 1.807) is 10.5 Å². The van der Waals surface area contributed by atoms with E-state index in [9.17, 15) is 21.6 Å². The second kappa shape index (κ2) is 9.87. The number of halogens is 3. The van der Waals surface area contributed by atoms with E-state index in [2.05, 4.69) is 5.10 Å². The third kappa shape index (κ3) is 6.94. The minimum absolute atomic E-state index is 0.0696. The molecule has 2 fully saturated rings. The number of aromatic nitrogens is 2. The quantitative estimate of drug-likeness (QED) is 0.656. The lowest BCUT2D eigenvalue weighted by molar-refractivity contribution is -0.192. The van der Waals surface area contributed by atoms with Gasteiger partial charge in [-0.25, -0.2) is 13.2 Å². The molecule has 29 heavy (non-hydrogen) atoms. The van der Waals surface area contributed by atoms with E-state index < -0.39 is 22.2 Å². The van der Waals surface area contributed by atoms with E-state index in [1.807, 2.05) is 16.9 Å². The van der Waals surface area contributed by atoms with Gasteiger partial charge in [-0.05, 0) is 25.3 Å². The second-order valence-electron chi connectivity index (χ2n) is 6.71. The zero-order chi connectivity index (χ0) is 21.7. The summed E-state index contributed by atoms with van der Waals surface area (Å²) in [7, 11) is -3.21. The van der Waals surface area contributed by atoms with Crippen LogP contribution in [0.4, 0.5) is 13.2 Å². The predicted octanol–water partition coefficient (Wildman–Crippen LogP) is 1.11. The maximum Gasteiger partial charge on any atom is 0.490 e. The molecule has 0 amide bonds. The molecular formula is C16H24F3N3O6S. The normalized spacial score (nSPS) is 25.2. The molecule has 0 bridgehead atoms. The highest BCUT2D eigenvalue weighted by atomic mass is 32.2. The van der Waals surface area contributed by atoms with Crippen molar-refractivity contribution in [3.05, 3.63) is 18.5 Å². The van der Waals surface area contributed by atoms with Crippen LogP contribution in [0.3, 0.4) is 0 Å². The molecule has 2 aliphatic rings. The molecule has 3 atom stereocenters. The fraction of sp³-hybridized carbons (Fsp3) is 0.750. The molecule has 0 saturated carbocycles. The van der Waals surface area contributed by atoms with Gasteiger partial charge in [0.05, 0.1) is 18.4 Å². The van der Waals surface area contributed by atoms with Crippen molar-refractivity contribution in [3.63, 3.8) is 0 Å². The summed E-state index contributed by atoms with van der Waals surface area (Å²) < 4.78 is 70.7. The van der Waals surface area contributed by atoms with Crippen LogP contribution in [0.2, 0.25) is 0 Å². The molecule has 0 unspecified atom stereocenters. The van der Waals surface area contributed by atoms with Crippen LogP contribution in [0.15, 0.2) is 18.5 Å². The Morgan fingerprint density at radius 3 is 2.66 bits per heavy atom.